The molecule has 2 N–H and O–H groups in total. The molecule has 0 aliphatic heterocycles. The second-order valence-electron chi connectivity index (χ2n) is 4.96. The van der Waals surface area contributed by atoms with Crippen LogP contribution < -0.4 is 5.73 Å². The summed E-state index contributed by atoms with van der Waals surface area (Å²) < 4.78 is 51.4. The fourth-order valence-electron chi connectivity index (χ4n) is 2.22. The Morgan fingerprint density at radius 2 is 1.95 bits per heavy atom. The Morgan fingerprint density at radius 3 is 2.47 bits per heavy atom. The van der Waals surface area contributed by atoms with Crippen molar-refractivity contribution in [2.75, 3.05) is 13.6 Å². The molecule has 0 bridgehead atoms. The zero-order chi connectivity index (χ0) is 14.2. The minimum Gasteiger partial charge on any atom is -0.328 e. The van der Waals surface area contributed by atoms with E-state index in [1.807, 2.05) is 0 Å². The van der Waals surface area contributed by atoms with Gasteiger partial charge in [-0.25, -0.2) is 21.5 Å². The molecule has 1 aliphatic carbocycles. The molecule has 7 heteroatoms. The molecule has 4 nitrogen and oxygen atoms in total. The Morgan fingerprint density at radius 1 is 1.32 bits per heavy atom. The molecule has 0 atom stereocenters. The van der Waals surface area contributed by atoms with E-state index in [0.717, 1.165) is 29.3 Å². The number of halogens is 2. The molecule has 1 fully saturated rings. The predicted octanol–water partition coefficient (Wildman–Crippen LogP) is 1.32. The zero-order valence-electron chi connectivity index (χ0n) is 10.5. The molecule has 1 saturated carbocycles. The molecule has 106 valence electrons. The first-order chi connectivity index (χ1) is 8.80. The summed E-state index contributed by atoms with van der Waals surface area (Å²) >= 11 is 0. The van der Waals surface area contributed by atoms with Crippen molar-refractivity contribution in [3.05, 3.63) is 29.8 Å². The van der Waals surface area contributed by atoms with E-state index in [0.29, 0.717) is 12.6 Å². The summed E-state index contributed by atoms with van der Waals surface area (Å²) in [5, 5.41) is 0. The van der Waals surface area contributed by atoms with Crippen LogP contribution >= 0.6 is 0 Å². The number of hydrogen-bond donors (Lipinski definition) is 1. The maximum Gasteiger partial charge on any atom is 0.242 e. The van der Waals surface area contributed by atoms with Gasteiger partial charge in [0.1, 0.15) is 0 Å². The SMILES string of the molecule is CN(CC1CC(N)C1)S(=O)(=O)c1ccc(F)c(F)c1. The van der Waals surface area contributed by atoms with Crippen molar-refractivity contribution in [1.29, 1.82) is 0 Å². The van der Waals surface area contributed by atoms with Crippen LogP contribution in [0, 0.1) is 17.6 Å². The minimum atomic E-state index is -3.78. The highest BCUT2D eigenvalue weighted by atomic mass is 32.2. The highest BCUT2D eigenvalue weighted by Gasteiger charge is 2.31. The van der Waals surface area contributed by atoms with Crippen LogP contribution in [0.2, 0.25) is 0 Å². The van der Waals surface area contributed by atoms with Gasteiger partial charge in [0.2, 0.25) is 10.0 Å². The van der Waals surface area contributed by atoms with Crippen LogP contribution in [0.25, 0.3) is 0 Å². The molecule has 1 aliphatic rings. The van der Waals surface area contributed by atoms with Crippen molar-refractivity contribution >= 4 is 10.0 Å². The summed E-state index contributed by atoms with van der Waals surface area (Å²) in [5.74, 6) is -1.99. The van der Waals surface area contributed by atoms with Crippen molar-refractivity contribution < 1.29 is 17.2 Å². The van der Waals surface area contributed by atoms with Crippen molar-refractivity contribution in [1.82, 2.24) is 4.31 Å². The third kappa shape index (κ3) is 2.93. The minimum absolute atomic E-state index is 0.143. The molecule has 0 radical (unpaired) electrons. The topological polar surface area (TPSA) is 63.4 Å². The lowest BCUT2D eigenvalue weighted by Gasteiger charge is -2.34. The molecule has 2 rings (SSSR count). The summed E-state index contributed by atoms with van der Waals surface area (Å²) in [6.07, 6.45) is 1.58. The number of sulfonamides is 1. The van der Waals surface area contributed by atoms with Crippen molar-refractivity contribution in [3.8, 4) is 0 Å². The first-order valence-electron chi connectivity index (χ1n) is 5.97. The van der Waals surface area contributed by atoms with E-state index < -0.39 is 21.7 Å². The molecule has 0 heterocycles. The molecule has 1 aromatic rings. The summed E-state index contributed by atoms with van der Waals surface area (Å²) in [6, 6.07) is 2.73. The second-order valence-corrected chi connectivity index (χ2v) is 7.00. The lowest BCUT2D eigenvalue weighted by atomic mass is 9.81. The van der Waals surface area contributed by atoms with E-state index in [4.69, 9.17) is 5.73 Å². The summed E-state index contributed by atoms with van der Waals surface area (Å²) in [6.45, 7) is 0.342. The molecule has 0 aromatic heterocycles. The van der Waals surface area contributed by atoms with Gasteiger partial charge in [0.05, 0.1) is 4.90 Å². The number of nitrogens with two attached hydrogens (primary N) is 1. The molecule has 0 unspecified atom stereocenters. The van der Waals surface area contributed by atoms with Crippen molar-refractivity contribution in [3.63, 3.8) is 0 Å². The maximum absolute atomic E-state index is 13.1. The Bertz CT molecular complexity index is 571. The average molecular weight is 290 g/mol. The average Bonchev–Trinajstić information content (AvgIpc) is 2.30. The van der Waals surface area contributed by atoms with Crippen LogP contribution in [0.4, 0.5) is 8.78 Å². The van der Waals surface area contributed by atoms with Gasteiger partial charge in [-0.3, -0.25) is 0 Å². The predicted molar refractivity (Wildman–Crippen MR) is 66.9 cm³/mol. The lowest BCUT2D eigenvalue weighted by Crippen LogP contribution is -2.43. The number of hydrogen-bond acceptors (Lipinski definition) is 3. The fraction of sp³-hybridized carbons (Fsp3) is 0.500. The van der Waals surface area contributed by atoms with Crippen LogP contribution in [0.15, 0.2) is 23.1 Å². The van der Waals surface area contributed by atoms with Gasteiger partial charge in [0, 0.05) is 19.6 Å². The van der Waals surface area contributed by atoms with Gasteiger partial charge in [-0.15, -0.1) is 0 Å². The monoisotopic (exact) mass is 290 g/mol. The van der Waals surface area contributed by atoms with Crippen LogP contribution in [0.5, 0.6) is 0 Å². The van der Waals surface area contributed by atoms with Gasteiger partial charge < -0.3 is 5.73 Å². The van der Waals surface area contributed by atoms with Crippen molar-refractivity contribution in [2.45, 2.75) is 23.8 Å². The second kappa shape index (κ2) is 5.15. The van der Waals surface area contributed by atoms with Crippen LogP contribution in [-0.2, 0) is 10.0 Å². The smallest absolute Gasteiger partial charge is 0.242 e. The van der Waals surface area contributed by atoms with Crippen LogP contribution in [0.1, 0.15) is 12.8 Å². The molecule has 0 spiro atoms. The first-order valence-corrected chi connectivity index (χ1v) is 7.41. The van der Waals surface area contributed by atoms with Gasteiger partial charge in [-0.2, -0.15) is 0 Å². The first kappa shape index (κ1) is 14.4. The molecular formula is C12H16F2N2O2S. The number of nitrogens with zero attached hydrogens (tertiary/aromatic N) is 1. The highest BCUT2D eigenvalue weighted by molar-refractivity contribution is 7.89. The lowest BCUT2D eigenvalue weighted by molar-refractivity contribution is 0.227. The quantitative estimate of drug-likeness (QED) is 0.909. The van der Waals surface area contributed by atoms with E-state index in [-0.39, 0.29) is 16.9 Å². The van der Waals surface area contributed by atoms with Gasteiger partial charge in [-0.1, -0.05) is 0 Å². The summed E-state index contributed by atoms with van der Waals surface area (Å²) in [4.78, 5) is -0.238. The Balaban J connectivity index is 2.14. The molecule has 0 saturated heterocycles. The molecular weight excluding hydrogens is 274 g/mol. The van der Waals surface area contributed by atoms with Gasteiger partial charge >= 0.3 is 0 Å². The molecule has 19 heavy (non-hydrogen) atoms. The largest absolute Gasteiger partial charge is 0.328 e. The fourth-order valence-corrected chi connectivity index (χ4v) is 3.47. The Hall–Kier alpha value is -1.05. The van der Waals surface area contributed by atoms with E-state index in [9.17, 15) is 17.2 Å². The van der Waals surface area contributed by atoms with Crippen molar-refractivity contribution in [2.24, 2.45) is 11.7 Å². The van der Waals surface area contributed by atoms with Gasteiger partial charge in [0.15, 0.2) is 11.6 Å². The van der Waals surface area contributed by atoms with E-state index in [1.54, 1.807) is 0 Å². The summed E-state index contributed by atoms with van der Waals surface area (Å²) in [5.41, 5.74) is 5.64. The van der Waals surface area contributed by atoms with Crippen LogP contribution in [0.3, 0.4) is 0 Å². The van der Waals surface area contributed by atoms with Gasteiger partial charge in [-0.05, 0) is 37.0 Å². The third-order valence-electron chi connectivity index (χ3n) is 3.39. The van der Waals surface area contributed by atoms with Gasteiger partial charge in [0.25, 0.3) is 0 Å². The number of benzene rings is 1. The maximum atomic E-state index is 13.1. The van der Waals surface area contributed by atoms with E-state index in [2.05, 4.69) is 0 Å². The Labute approximate surface area is 111 Å². The third-order valence-corrected chi connectivity index (χ3v) is 5.21. The molecule has 0 amide bonds. The zero-order valence-corrected chi connectivity index (χ0v) is 11.3. The summed E-state index contributed by atoms with van der Waals surface area (Å²) in [7, 11) is -2.35. The van der Waals surface area contributed by atoms with Crippen LogP contribution in [-0.4, -0.2) is 32.4 Å². The van der Waals surface area contributed by atoms with E-state index in [1.165, 1.54) is 7.05 Å². The highest BCUT2D eigenvalue weighted by Crippen LogP contribution is 2.28. The standard InChI is InChI=1S/C12H16F2N2O2S/c1-16(7-8-4-9(15)5-8)19(17,18)10-2-3-11(13)12(14)6-10/h2-3,6,8-9H,4-5,7,15H2,1H3. The Kier molecular flexibility index (Phi) is 3.89. The number of rotatable bonds is 4. The normalized spacial score (nSPS) is 23.4. The van der Waals surface area contributed by atoms with E-state index >= 15 is 0 Å². The molecule has 1 aromatic carbocycles.